The van der Waals surface area contributed by atoms with Crippen molar-refractivity contribution in [3.63, 3.8) is 0 Å². The van der Waals surface area contributed by atoms with E-state index in [1.54, 1.807) is 12.1 Å². The molecule has 0 aliphatic carbocycles. The smallest absolute Gasteiger partial charge is 0.328 e. The molecule has 17 heavy (non-hydrogen) atoms. The monoisotopic (exact) mass is 239 g/mol. The first-order valence-corrected chi connectivity index (χ1v) is 5.52. The molecule has 0 fully saturated rings. The maximum absolute atomic E-state index is 11.7. The topological polar surface area (TPSA) is 68.5 Å². The lowest BCUT2D eigenvalue weighted by Gasteiger charge is -2.21. The van der Waals surface area contributed by atoms with E-state index in [0.29, 0.717) is 0 Å². The SMILES string of the molecule is CCC(C)C(NC(=O)c1ccco1)C(=O)OC. The number of carbonyl (C=O) groups is 2. The number of amides is 1. The number of esters is 1. The van der Waals surface area contributed by atoms with Gasteiger partial charge in [0.05, 0.1) is 13.4 Å². The number of nitrogens with one attached hydrogen (secondary N) is 1. The van der Waals surface area contributed by atoms with Crippen LogP contribution in [-0.4, -0.2) is 25.0 Å². The van der Waals surface area contributed by atoms with Crippen LogP contribution in [0.25, 0.3) is 0 Å². The molecule has 1 N–H and O–H groups in total. The van der Waals surface area contributed by atoms with Crippen molar-refractivity contribution in [1.29, 1.82) is 0 Å². The summed E-state index contributed by atoms with van der Waals surface area (Å²) in [6.45, 7) is 3.82. The van der Waals surface area contributed by atoms with Crippen LogP contribution in [0, 0.1) is 5.92 Å². The van der Waals surface area contributed by atoms with Crippen molar-refractivity contribution in [3.8, 4) is 0 Å². The third-order valence-electron chi connectivity index (χ3n) is 2.70. The first kappa shape index (κ1) is 13.3. The number of methoxy groups -OCH3 is 1. The summed E-state index contributed by atoms with van der Waals surface area (Å²) in [5.74, 6) is -0.673. The lowest BCUT2D eigenvalue weighted by atomic mass is 9.99. The summed E-state index contributed by atoms with van der Waals surface area (Å²) in [6, 6.07) is 2.51. The normalized spacial score (nSPS) is 13.8. The Hall–Kier alpha value is -1.78. The second-order valence-electron chi connectivity index (χ2n) is 3.84. The Balaban J connectivity index is 2.73. The van der Waals surface area contributed by atoms with Crippen molar-refractivity contribution < 1.29 is 18.7 Å². The van der Waals surface area contributed by atoms with Crippen LogP contribution in [0.2, 0.25) is 0 Å². The van der Waals surface area contributed by atoms with Crippen molar-refractivity contribution in [1.82, 2.24) is 5.32 Å². The van der Waals surface area contributed by atoms with Crippen LogP contribution >= 0.6 is 0 Å². The zero-order chi connectivity index (χ0) is 12.8. The van der Waals surface area contributed by atoms with E-state index in [1.165, 1.54) is 13.4 Å². The van der Waals surface area contributed by atoms with Gasteiger partial charge in [0.15, 0.2) is 5.76 Å². The molecule has 0 aromatic carbocycles. The van der Waals surface area contributed by atoms with E-state index < -0.39 is 17.9 Å². The van der Waals surface area contributed by atoms with Crippen LogP contribution in [0.15, 0.2) is 22.8 Å². The molecule has 1 heterocycles. The second kappa shape index (κ2) is 6.08. The van der Waals surface area contributed by atoms with Crippen molar-refractivity contribution in [2.75, 3.05) is 7.11 Å². The molecule has 0 saturated carbocycles. The predicted octanol–water partition coefficient (Wildman–Crippen LogP) is 1.60. The van der Waals surface area contributed by atoms with Crippen LogP contribution < -0.4 is 5.32 Å². The standard InChI is InChI=1S/C12H17NO4/c1-4-8(2)10(12(15)16-3)13-11(14)9-6-5-7-17-9/h5-8,10H,4H2,1-3H3,(H,13,14). The number of carbonyl (C=O) groups excluding carboxylic acids is 2. The maximum Gasteiger partial charge on any atom is 0.328 e. The van der Waals surface area contributed by atoms with E-state index in [0.717, 1.165) is 6.42 Å². The molecule has 0 aliphatic rings. The first-order valence-electron chi connectivity index (χ1n) is 5.52. The number of hydrogen-bond donors (Lipinski definition) is 1. The molecule has 1 aromatic heterocycles. The number of furan rings is 1. The van der Waals surface area contributed by atoms with Gasteiger partial charge in [-0.2, -0.15) is 0 Å². The van der Waals surface area contributed by atoms with Gasteiger partial charge in [0.1, 0.15) is 6.04 Å². The van der Waals surface area contributed by atoms with Gasteiger partial charge < -0.3 is 14.5 Å². The highest BCUT2D eigenvalue weighted by Gasteiger charge is 2.27. The number of rotatable bonds is 5. The van der Waals surface area contributed by atoms with Crippen LogP contribution in [0.3, 0.4) is 0 Å². The highest BCUT2D eigenvalue weighted by atomic mass is 16.5. The van der Waals surface area contributed by atoms with Gasteiger partial charge in [-0.1, -0.05) is 20.3 Å². The summed E-state index contributed by atoms with van der Waals surface area (Å²) in [5, 5.41) is 2.61. The van der Waals surface area contributed by atoms with E-state index >= 15 is 0 Å². The van der Waals surface area contributed by atoms with Crippen LogP contribution in [0.5, 0.6) is 0 Å². The zero-order valence-electron chi connectivity index (χ0n) is 10.2. The minimum Gasteiger partial charge on any atom is -0.467 e. The Morgan fingerprint density at radius 1 is 1.53 bits per heavy atom. The van der Waals surface area contributed by atoms with Gasteiger partial charge >= 0.3 is 5.97 Å². The quantitative estimate of drug-likeness (QED) is 0.792. The molecule has 1 rings (SSSR count). The summed E-state index contributed by atoms with van der Waals surface area (Å²) >= 11 is 0. The Morgan fingerprint density at radius 2 is 2.24 bits per heavy atom. The highest BCUT2D eigenvalue weighted by molar-refractivity contribution is 5.94. The minimum absolute atomic E-state index is 0.00126. The van der Waals surface area contributed by atoms with Crippen LogP contribution in [0.4, 0.5) is 0 Å². The molecule has 0 aliphatic heterocycles. The van der Waals surface area contributed by atoms with Gasteiger partial charge in [-0.15, -0.1) is 0 Å². The molecule has 5 nitrogen and oxygen atoms in total. The summed E-state index contributed by atoms with van der Waals surface area (Å²) in [4.78, 5) is 23.3. The Labute approximate surface area is 100 Å². The van der Waals surface area contributed by atoms with Gasteiger partial charge in [0.2, 0.25) is 0 Å². The largest absolute Gasteiger partial charge is 0.467 e. The van der Waals surface area contributed by atoms with Crippen molar-refractivity contribution in [2.24, 2.45) is 5.92 Å². The molecule has 0 radical (unpaired) electrons. The first-order chi connectivity index (χ1) is 8.10. The number of ether oxygens (including phenoxy) is 1. The van der Waals surface area contributed by atoms with E-state index in [4.69, 9.17) is 4.42 Å². The Morgan fingerprint density at radius 3 is 2.71 bits per heavy atom. The van der Waals surface area contributed by atoms with Crippen molar-refractivity contribution in [2.45, 2.75) is 26.3 Å². The fraction of sp³-hybridized carbons (Fsp3) is 0.500. The molecule has 1 amide bonds. The van der Waals surface area contributed by atoms with Gasteiger partial charge in [-0.05, 0) is 18.1 Å². The Bertz CT molecular complexity index is 372. The maximum atomic E-state index is 11.7. The molecule has 5 heteroatoms. The van der Waals surface area contributed by atoms with Gasteiger partial charge in [-0.25, -0.2) is 4.79 Å². The Kier molecular flexibility index (Phi) is 4.75. The number of hydrogen-bond acceptors (Lipinski definition) is 4. The van der Waals surface area contributed by atoms with Crippen LogP contribution in [0.1, 0.15) is 30.8 Å². The van der Waals surface area contributed by atoms with E-state index in [-0.39, 0.29) is 11.7 Å². The third-order valence-corrected chi connectivity index (χ3v) is 2.70. The molecular formula is C12H17NO4. The van der Waals surface area contributed by atoms with E-state index in [9.17, 15) is 9.59 Å². The molecule has 2 atom stereocenters. The summed E-state index contributed by atoms with van der Waals surface area (Å²) in [6.07, 6.45) is 2.17. The highest BCUT2D eigenvalue weighted by Crippen LogP contribution is 2.10. The molecular weight excluding hydrogens is 222 g/mol. The lowest BCUT2D eigenvalue weighted by molar-refractivity contribution is -0.144. The summed E-state index contributed by atoms with van der Waals surface area (Å²) < 4.78 is 9.63. The average Bonchev–Trinajstić information content (AvgIpc) is 2.87. The van der Waals surface area contributed by atoms with E-state index in [2.05, 4.69) is 10.1 Å². The average molecular weight is 239 g/mol. The lowest BCUT2D eigenvalue weighted by Crippen LogP contribution is -2.45. The molecule has 94 valence electrons. The second-order valence-corrected chi connectivity index (χ2v) is 3.84. The summed E-state index contributed by atoms with van der Waals surface area (Å²) in [7, 11) is 1.30. The molecule has 2 unspecified atom stereocenters. The summed E-state index contributed by atoms with van der Waals surface area (Å²) in [5.41, 5.74) is 0. The minimum atomic E-state index is -0.650. The molecule has 0 saturated heterocycles. The molecule has 0 bridgehead atoms. The predicted molar refractivity (Wildman–Crippen MR) is 61.4 cm³/mol. The van der Waals surface area contributed by atoms with E-state index in [1.807, 2.05) is 13.8 Å². The zero-order valence-corrected chi connectivity index (χ0v) is 10.2. The van der Waals surface area contributed by atoms with Gasteiger partial charge in [0, 0.05) is 0 Å². The van der Waals surface area contributed by atoms with Crippen molar-refractivity contribution >= 4 is 11.9 Å². The van der Waals surface area contributed by atoms with Crippen molar-refractivity contribution in [3.05, 3.63) is 24.2 Å². The van der Waals surface area contributed by atoms with Gasteiger partial charge in [-0.3, -0.25) is 4.79 Å². The third kappa shape index (κ3) is 3.34. The van der Waals surface area contributed by atoms with Gasteiger partial charge in [0.25, 0.3) is 5.91 Å². The fourth-order valence-corrected chi connectivity index (χ4v) is 1.42. The fourth-order valence-electron chi connectivity index (χ4n) is 1.42. The molecule has 1 aromatic rings. The molecule has 0 spiro atoms. The van der Waals surface area contributed by atoms with Crippen LogP contribution in [-0.2, 0) is 9.53 Å².